The Hall–Kier alpha value is -0.770. The minimum atomic E-state index is -0.403. The fourth-order valence-electron chi connectivity index (χ4n) is 1.79. The van der Waals surface area contributed by atoms with Crippen molar-refractivity contribution in [2.75, 3.05) is 19.7 Å². The lowest BCUT2D eigenvalue weighted by molar-refractivity contribution is -0.0831. The molecule has 2 rings (SSSR count). The summed E-state index contributed by atoms with van der Waals surface area (Å²) in [5.74, 6) is 0.544. The molecular formula is C10H17NO3. The number of carbonyl (C=O) groups is 1. The lowest BCUT2D eigenvalue weighted by atomic mass is 10.0. The molecule has 2 heterocycles. The molecule has 4 nitrogen and oxygen atoms in total. The summed E-state index contributed by atoms with van der Waals surface area (Å²) in [5.41, 5.74) is -0.403. The Morgan fingerprint density at radius 3 is 2.50 bits per heavy atom. The van der Waals surface area contributed by atoms with Crippen LogP contribution in [0.25, 0.3) is 0 Å². The highest BCUT2D eigenvalue weighted by atomic mass is 16.6. The van der Waals surface area contributed by atoms with Crippen molar-refractivity contribution in [3.05, 3.63) is 0 Å². The second-order valence-electron chi connectivity index (χ2n) is 5.02. The number of fused-ring (bicyclic) bond motifs is 1. The van der Waals surface area contributed by atoms with Gasteiger partial charge in [0.15, 0.2) is 0 Å². The van der Waals surface area contributed by atoms with Gasteiger partial charge < -0.3 is 14.4 Å². The van der Waals surface area contributed by atoms with Crippen LogP contribution in [-0.2, 0) is 9.47 Å². The predicted molar refractivity (Wildman–Crippen MR) is 51.0 cm³/mol. The maximum absolute atomic E-state index is 11.6. The van der Waals surface area contributed by atoms with Crippen LogP contribution in [0.15, 0.2) is 0 Å². The third-order valence-corrected chi connectivity index (χ3v) is 2.56. The number of ether oxygens (including phenoxy) is 2. The quantitative estimate of drug-likeness (QED) is 0.589. The molecule has 0 radical (unpaired) electrons. The number of nitrogens with zero attached hydrogens (tertiary/aromatic N) is 1. The highest BCUT2D eigenvalue weighted by Crippen LogP contribution is 2.29. The van der Waals surface area contributed by atoms with Gasteiger partial charge in [0.1, 0.15) is 5.60 Å². The molecule has 0 N–H and O–H groups in total. The lowest BCUT2D eigenvalue weighted by Gasteiger charge is -2.28. The van der Waals surface area contributed by atoms with E-state index in [1.807, 2.05) is 20.8 Å². The van der Waals surface area contributed by atoms with Crippen LogP contribution < -0.4 is 0 Å². The van der Waals surface area contributed by atoms with Crippen LogP contribution in [0.4, 0.5) is 4.79 Å². The second-order valence-corrected chi connectivity index (χ2v) is 5.02. The molecule has 2 fully saturated rings. The van der Waals surface area contributed by atoms with Crippen LogP contribution in [0.5, 0.6) is 0 Å². The minimum Gasteiger partial charge on any atom is -0.444 e. The first-order chi connectivity index (χ1) is 6.46. The van der Waals surface area contributed by atoms with Crippen molar-refractivity contribution in [3.8, 4) is 0 Å². The van der Waals surface area contributed by atoms with E-state index in [9.17, 15) is 4.79 Å². The highest BCUT2D eigenvalue weighted by Gasteiger charge is 2.43. The fourth-order valence-corrected chi connectivity index (χ4v) is 1.79. The van der Waals surface area contributed by atoms with E-state index in [2.05, 4.69) is 0 Å². The summed E-state index contributed by atoms with van der Waals surface area (Å²) in [6.07, 6.45) is 0.0537. The molecular weight excluding hydrogens is 182 g/mol. The van der Waals surface area contributed by atoms with Gasteiger partial charge in [0.25, 0.3) is 0 Å². The molecule has 14 heavy (non-hydrogen) atoms. The molecule has 0 aromatic rings. The van der Waals surface area contributed by atoms with Gasteiger partial charge in [-0.15, -0.1) is 0 Å². The Labute approximate surface area is 84.2 Å². The number of likely N-dealkylation sites (tertiary alicyclic amines) is 1. The standard InChI is InChI=1S/C10H17NO3/c1-10(2,3)14-9(12)11-4-7-6-13-8(7)5-11/h7-8H,4-6H2,1-3H3/t7-,8-/m1/s1. The molecule has 80 valence electrons. The van der Waals surface area contributed by atoms with Gasteiger partial charge in [-0.25, -0.2) is 4.79 Å². The van der Waals surface area contributed by atoms with Gasteiger partial charge in [0.2, 0.25) is 0 Å². The van der Waals surface area contributed by atoms with Crippen molar-refractivity contribution in [1.82, 2.24) is 4.90 Å². The summed E-state index contributed by atoms with van der Waals surface area (Å²) in [6.45, 7) is 7.92. The molecule has 0 saturated carbocycles. The monoisotopic (exact) mass is 199 g/mol. The van der Waals surface area contributed by atoms with Crippen molar-refractivity contribution in [3.63, 3.8) is 0 Å². The van der Waals surface area contributed by atoms with E-state index in [4.69, 9.17) is 9.47 Å². The zero-order chi connectivity index (χ0) is 10.3. The van der Waals surface area contributed by atoms with E-state index in [1.165, 1.54) is 0 Å². The number of carbonyl (C=O) groups excluding carboxylic acids is 1. The molecule has 0 bridgehead atoms. The molecule has 0 aliphatic carbocycles. The maximum Gasteiger partial charge on any atom is 0.410 e. The minimum absolute atomic E-state index is 0.212. The van der Waals surface area contributed by atoms with Crippen LogP contribution in [0, 0.1) is 5.92 Å². The average molecular weight is 199 g/mol. The van der Waals surface area contributed by atoms with Gasteiger partial charge in [-0.3, -0.25) is 0 Å². The Morgan fingerprint density at radius 1 is 1.43 bits per heavy atom. The first-order valence-electron chi connectivity index (χ1n) is 5.05. The summed E-state index contributed by atoms with van der Waals surface area (Å²) in [7, 11) is 0. The van der Waals surface area contributed by atoms with Gasteiger partial charge >= 0.3 is 6.09 Å². The smallest absolute Gasteiger partial charge is 0.410 e. The highest BCUT2D eigenvalue weighted by molar-refractivity contribution is 5.68. The topological polar surface area (TPSA) is 38.8 Å². The molecule has 0 unspecified atom stereocenters. The van der Waals surface area contributed by atoms with Gasteiger partial charge in [-0.2, -0.15) is 0 Å². The van der Waals surface area contributed by atoms with Crippen molar-refractivity contribution >= 4 is 6.09 Å². The van der Waals surface area contributed by atoms with Gasteiger partial charge in [0, 0.05) is 12.5 Å². The summed E-state index contributed by atoms with van der Waals surface area (Å²) in [4.78, 5) is 13.4. The Kier molecular flexibility index (Phi) is 2.18. The van der Waals surface area contributed by atoms with E-state index in [0.717, 1.165) is 13.2 Å². The van der Waals surface area contributed by atoms with E-state index < -0.39 is 5.60 Å². The number of amides is 1. The maximum atomic E-state index is 11.6. The van der Waals surface area contributed by atoms with Crippen molar-refractivity contribution in [2.24, 2.45) is 5.92 Å². The normalized spacial score (nSPS) is 30.9. The molecule has 0 aromatic carbocycles. The van der Waals surface area contributed by atoms with Crippen molar-refractivity contribution < 1.29 is 14.3 Å². The second kappa shape index (κ2) is 3.12. The first kappa shape index (κ1) is 9.77. The summed E-state index contributed by atoms with van der Waals surface area (Å²) < 4.78 is 10.6. The van der Waals surface area contributed by atoms with Crippen LogP contribution in [0.1, 0.15) is 20.8 Å². The van der Waals surface area contributed by atoms with Gasteiger partial charge in [-0.05, 0) is 20.8 Å². The predicted octanol–water partition coefficient (Wildman–Crippen LogP) is 1.25. The molecule has 1 amide bonds. The van der Waals surface area contributed by atoms with Crippen molar-refractivity contribution in [2.45, 2.75) is 32.5 Å². The largest absolute Gasteiger partial charge is 0.444 e. The summed E-state index contributed by atoms with van der Waals surface area (Å²) >= 11 is 0. The third-order valence-electron chi connectivity index (χ3n) is 2.56. The number of rotatable bonds is 0. The molecule has 2 saturated heterocycles. The third kappa shape index (κ3) is 1.85. The summed E-state index contributed by atoms with van der Waals surface area (Å²) in [6, 6.07) is 0. The van der Waals surface area contributed by atoms with E-state index in [1.54, 1.807) is 4.90 Å². The Balaban J connectivity index is 1.87. The number of hydrogen-bond donors (Lipinski definition) is 0. The summed E-state index contributed by atoms with van der Waals surface area (Å²) in [5, 5.41) is 0. The van der Waals surface area contributed by atoms with Gasteiger partial charge in [-0.1, -0.05) is 0 Å². The molecule has 2 aliphatic heterocycles. The van der Waals surface area contributed by atoms with E-state index in [-0.39, 0.29) is 12.2 Å². The van der Waals surface area contributed by atoms with Crippen LogP contribution >= 0.6 is 0 Å². The van der Waals surface area contributed by atoms with Gasteiger partial charge in [0.05, 0.1) is 19.3 Å². The number of hydrogen-bond acceptors (Lipinski definition) is 3. The average Bonchev–Trinajstić information content (AvgIpc) is 2.24. The molecule has 2 aliphatic rings. The Bertz CT molecular complexity index is 234. The van der Waals surface area contributed by atoms with E-state index >= 15 is 0 Å². The van der Waals surface area contributed by atoms with E-state index in [0.29, 0.717) is 12.5 Å². The zero-order valence-corrected chi connectivity index (χ0v) is 8.95. The first-order valence-corrected chi connectivity index (χ1v) is 5.05. The van der Waals surface area contributed by atoms with Crippen LogP contribution in [0.3, 0.4) is 0 Å². The van der Waals surface area contributed by atoms with Crippen LogP contribution in [-0.4, -0.2) is 42.4 Å². The Morgan fingerprint density at radius 2 is 2.14 bits per heavy atom. The SMILES string of the molecule is CC(C)(C)OC(=O)N1C[C@@H]2CO[C@@H]2C1. The molecule has 0 spiro atoms. The zero-order valence-electron chi connectivity index (χ0n) is 8.95. The fraction of sp³-hybridized carbons (Fsp3) is 0.900. The molecule has 0 aromatic heterocycles. The van der Waals surface area contributed by atoms with Crippen LogP contribution in [0.2, 0.25) is 0 Å². The van der Waals surface area contributed by atoms with Crippen molar-refractivity contribution in [1.29, 1.82) is 0 Å². The molecule has 2 atom stereocenters. The lowest BCUT2D eigenvalue weighted by Crippen LogP contribution is -2.38. The molecule has 4 heteroatoms.